The van der Waals surface area contributed by atoms with Gasteiger partial charge in [0.15, 0.2) is 0 Å². The molecule has 0 bridgehead atoms. The van der Waals surface area contributed by atoms with Crippen molar-refractivity contribution in [1.29, 1.82) is 0 Å². The predicted molar refractivity (Wildman–Crippen MR) is 84.8 cm³/mol. The van der Waals surface area contributed by atoms with Gasteiger partial charge in [-0.2, -0.15) is 5.10 Å². The van der Waals surface area contributed by atoms with E-state index in [0.29, 0.717) is 6.04 Å². The standard InChI is InChI=1S/C18H23N3/c1-2-9-15(10-3-1)21-18(17-11-4-5-12-19-17)16(13-20-21)14-7-6-8-14/h1-3,9-10,13-14,17,19H,4-8,11-12H2. The van der Waals surface area contributed by atoms with Crippen molar-refractivity contribution in [3.63, 3.8) is 0 Å². The molecular formula is C18H23N3. The van der Waals surface area contributed by atoms with E-state index in [1.807, 2.05) is 0 Å². The van der Waals surface area contributed by atoms with Gasteiger partial charge in [-0.15, -0.1) is 0 Å². The van der Waals surface area contributed by atoms with Crippen molar-refractivity contribution in [1.82, 2.24) is 15.1 Å². The number of nitrogens with one attached hydrogen (secondary N) is 1. The van der Waals surface area contributed by atoms with Crippen LogP contribution in [-0.4, -0.2) is 16.3 Å². The molecule has 1 N–H and O–H groups in total. The molecule has 110 valence electrons. The Morgan fingerprint density at radius 3 is 2.52 bits per heavy atom. The first-order valence-electron chi connectivity index (χ1n) is 8.30. The van der Waals surface area contributed by atoms with Crippen molar-refractivity contribution < 1.29 is 0 Å². The van der Waals surface area contributed by atoms with Gasteiger partial charge in [-0.1, -0.05) is 31.0 Å². The zero-order chi connectivity index (χ0) is 14.1. The molecule has 21 heavy (non-hydrogen) atoms. The number of piperidine rings is 1. The summed E-state index contributed by atoms with van der Waals surface area (Å²) in [7, 11) is 0. The maximum absolute atomic E-state index is 4.74. The van der Waals surface area contributed by atoms with E-state index >= 15 is 0 Å². The van der Waals surface area contributed by atoms with Gasteiger partial charge in [-0.25, -0.2) is 4.68 Å². The summed E-state index contributed by atoms with van der Waals surface area (Å²) in [6.45, 7) is 1.13. The van der Waals surface area contributed by atoms with Crippen molar-refractivity contribution in [3.8, 4) is 5.69 Å². The highest BCUT2D eigenvalue weighted by Gasteiger charge is 2.30. The Morgan fingerprint density at radius 2 is 1.86 bits per heavy atom. The maximum Gasteiger partial charge on any atom is 0.0649 e. The lowest BCUT2D eigenvalue weighted by Crippen LogP contribution is -2.30. The summed E-state index contributed by atoms with van der Waals surface area (Å²) in [5.41, 5.74) is 4.10. The fourth-order valence-electron chi connectivity index (χ4n) is 3.61. The molecule has 1 saturated carbocycles. The quantitative estimate of drug-likeness (QED) is 0.923. The molecule has 3 heteroatoms. The van der Waals surface area contributed by atoms with Crippen LogP contribution in [0.4, 0.5) is 0 Å². The summed E-state index contributed by atoms with van der Waals surface area (Å²) in [6.07, 6.45) is 10.0. The van der Waals surface area contributed by atoms with Crippen molar-refractivity contribution in [2.75, 3.05) is 6.54 Å². The van der Waals surface area contributed by atoms with Crippen LogP contribution in [0.25, 0.3) is 5.69 Å². The van der Waals surface area contributed by atoms with Crippen LogP contribution in [0.2, 0.25) is 0 Å². The Labute approximate surface area is 126 Å². The third-order valence-electron chi connectivity index (χ3n) is 5.02. The number of hydrogen-bond donors (Lipinski definition) is 1. The van der Waals surface area contributed by atoms with Crippen LogP contribution < -0.4 is 5.32 Å². The van der Waals surface area contributed by atoms with E-state index in [-0.39, 0.29) is 0 Å². The van der Waals surface area contributed by atoms with Crippen LogP contribution in [0.3, 0.4) is 0 Å². The van der Waals surface area contributed by atoms with Crippen LogP contribution in [0.15, 0.2) is 36.5 Å². The van der Waals surface area contributed by atoms with Gasteiger partial charge in [-0.3, -0.25) is 0 Å². The zero-order valence-corrected chi connectivity index (χ0v) is 12.5. The molecule has 2 aliphatic rings. The molecule has 1 aliphatic heterocycles. The second kappa shape index (κ2) is 5.64. The van der Waals surface area contributed by atoms with Crippen molar-refractivity contribution in [2.45, 2.75) is 50.5 Å². The molecular weight excluding hydrogens is 258 g/mol. The minimum atomic E-state index is 0.469. The Kier molecular flexibility index (Phi) is 3.52. The molecule has 0 spiro atoms. The van der Waals surface area contributed by atoms with Gasteiger partial charge >= 0.3 is 0 Å². The summed E-state index contributed by atoms with van der Waals surface area (Å²) in [4.78, 5) is 0. The first-order chi connectivity index (χ1) is 10.4. The fourth-order valence-corrected chi connectivity index (χ4v) is 3.61. The Hall–Kier alpha value is -1.61. The summed E-state index contributed by atoms with van der Waals surface area (Å²) >= 11 is 0. The molecule has 2 fully saturated rings. The second-order valence-electron chi connectivity index (χ2n) is 6.36. The SMILES string of the molecule is c1ccc(-n2ncc(C3CCC3)c2C2CCCCN2)cc1. The molecule has 1 aromatic heterocycles. The lowest BCUT2D eigenvalue weighted by molar-refractivity contribution is 0.378. The first-order valence-corrected chi connectivity index (χ1v) is 8.30. The average molecular weight is 281 g/mol. The fraction of sp³-hybridized carbons (Fsp3) is 0.500. The van der Waals surface area contributed by atoms with Crippen molar-refractivity contribution >= 4 is 0 Å². The van der Waals surface area contributed by atoms with E-state index < -0.39 is 0 Å². The molecule has 0 amide bonds. The Balaban J connectivity index is 1.77. The number of nitrogens with zero attached hydrogens (tertiary/aromatic N) is 2. The highest BCUT2D eigenvalue weighted by Crippen LogP contribution is 2.41. The van der Waals surface area contributed by atoms with E-state index in [1.165, 1.54) is 55.5 Å². The number of rotatable bonds is 3. The molecule has 0 radical (unpaired) electrons. The highest BCUT2D eigenvalue weighted by atomic mass is 15.3. The molecule has 1 aliphatic carbocycles. The normalized spacial score (nSPS) is 23.0. The van der Waals surface area contributed by atoms with Crippen LogP contribution in [0.5, 0.6) is 0 Å². The van der Waals surface area contributed by atoms with Gasteiger partial charge in [0.25, 0.3) is 0 Å². The summed E-state index contributed by atoms with van der Waals surface area (Å²) in [6, 6.07) is 11.0. The summed E-state index contributed by atoms with van der Waals surface area (Å²) < 4.78 is 2.18. The monoisotopic (exact) mass is 281 g/mol. The topological polar surface area (TPSA) is 29.9 Å². The minimum absolute atomic E-state index is 0.469. The highest BCUT2D eigenvalue weighted by molar-refractivity contribution is 5.38. The number of aromatic nitrogens is 2. The third kappa shape index (κ3) is 2.40. The van der Waals surface area contributed by atoms with Crippen LogP contribution >= 0.6 is 0 Å². The van der Waals surface area contributed by atoms with Crippen LogP contribution in [0.1, 0.15) is 61.7 Å². The van der Waals surface area contributed by atoms with Gasteiger partial charge in [0.1, 0.15) is 0 Å². The summed E-state index contributed by atoms with van der Waals surface area (Å²) in [5, 5.41) is 8.46. The molecule has 1 unspecified atom stereocenters. The summed E-state index contributed by atoms with van der Waals surface area (Å²) in [5.74, 6) is 0.737. The average Bonchev–Trinajstić information content (AvgIpc) is 2.92. The smallest absolute Gasteiger partial charge is 0.0649 e. The molecule has 1 saturated heterocycles. The molecule has 2 aromatic rings. The number of para-hydroxylation sites is 1. The maximum atomic E-state index is 4.74. The third-order valence-corrected chi connectivity index (χ3v) is 5.02. The van der Waals surface area contributed by atoms with Gasteiger partial charge < -0.3 is 5.32 Å². The molecule has 1 atom stereocenters. The molecule has 1 aromatic carbocycles. The number of benzene rings is 1. The van der Waals surface area contributed by atoms with E-state index in [2.05, 4.69) is 46.5 Å². The second-order valence-corrected chi connectivity index (χ2v) is 6.36. The Bertz CT molecular complexity index is 592. The van der Waals surface area contributed by atoms with Crippen molar-refractivity contribution in [2.24, 2.45) is 0 Å². The van der Waals surface area contributed by atoms with E-state index in [9.17, 15) is 0 Å². The Morgan fingerprint density at radius 1 is 1.00 bits per heavy atom. The van der Waals surface area contributed by atoms with Gasteiger partial charge in [-0.05, 0) is 55.8 Å². The van der Waals surface area contributed by atoms with E-state index in [1.54, 1.807) is 0 Å². The minimum Gasteiger partial charge on any atom is -0.309 e. The molecule has 4 rings (SSSR count). The molecule has 2 heterocycles. The largest absolute Gasteiger partial charge is 0.309 e. The zero-order valence-electron chi connectivity index (χ0n) is 12.5. The van der Waals surface area contributed by atoms with E-state index in [4.69, 9.17) is 5.10 Å². The number of hydrogen-bond acceptors (Lipinski definition) is 2. The lowest BCUT2D eigenvalue weighted by Gasteiger charge is -2.30. The van der Waals surface area contributed by atoms with Crippen LogP contribution in [-0.2, 0) is 0 Å². The first kappa shape index (κ1) is 13.1. The van der Waals surface area contributed by atoms with Gasteiger partial charge in [0, 0.05) is 6.04 Å². The van der Waals surface area contributed by atoms with E-state index in [0.717, 1.165) is 12.5 Å². The van der Waals surface area contributed by atoms with Gasteiger partial charge in [0.05, 0.1) is 17.6 Å². The van der Waals surface area contributed by atoms with Crippen molar-refractivity contribution in [3.05, 3.63) is 47.8 Å². The van der Waals surface area contributed by atoms with Gasteiger partial charge in [0.2, 0.25) is 0 Å². The lowest BCUT2D eigenvalue weighted by atomic mass is 9.79. The van der Waals surface area contributed by atoms with Crippen LogP contribution in [0, 0.1) is 0 Å². The predicted octanol–water partition coefficient (Wildman–Crippen LogP) is 3.95. The molecule has 3 nitrogen and oxygen atoms in total.